The van der Waals surface area contributed by atoms with Crippen molar-refractivity contribution >= 4 is 23.3 Å². The van der Waals surface area contributed by atoms with Crippen LogP contribution in [0, 0.1) is 5.92 Å². The Labute approximate surface area is 108 Å². The number of nitrogens with zero attached hydrogens (tertiary/aromatic N) is 2. The Balaban J connectivity index is 4.47. The van der Waals surface area contributed by atoms with Gasteiger partial charge in [-0.1, -0.05) is 13.0 Å². The number of thiocarbonyl (C=S) groups is 1. The molecular formula is C11H21N3O2S. The van der Waals surface area contributed by atoms with Crippen molar-refractivity contribution in [3.8, 4) is 0 Å². The van der Waals surface area contributed by atoms with Gasteiger partial charge in [-0.15, -0.1) is 6.58 Å². The summed E-state index contributed by atoms with van der Waals surface area (Å²) < 4.78 is 4.69. The van der Waals surface area contributed by atoms with Crippen molar-refractivity contribution < 1.29 is 9.53 Å². The lowest BCUT2D eigenvalue weighted by Gasteiger charge is -2.32. The van der Waals surface area contributed by atoms with Crippen molar-refractivity contribution in [2.75, 3.05) is 34.3 Å². The number of esters is 1. The quantitative estimate of drug-likeness (QED) is 0.327. The first-order chi connectivity index (χ1) is 7.93. The highest BCUT2D eigenvalue weighted by Crippen LogP contribution is 2.04. The van der Waals surface area contributed by atoms with Gasteiger partial charge in [-0.2, -0.15) is 0 Å². The molecule has 0 saturated heterocycles. The van der Waals surface area contributed by atoms with Crippen LogP contribution in [0.4, 0.5) is 0 Å². The summed E-state index contributed by atoms with van der Waals surface area (Å²) in [6.07, 6.45) is 1.73. The largest absolute Gasteiger partial charge is 0.469 e. The van der Waals surface area contributed by atoms with Gasteiger partial charge in [0.15, 0.2) is 5.11 Å². The maximum absolute atomic E-state index is 11.4. The molecule has 0 heterocycles. The molecule has 98 valence electrons. The first-order valence-electron chi connectivity index (χ1n) is 5.35. The van der Waals surface area contributed by atoms with E-state index in [1.54, 1.807) is 18.0 Å². The molecule has 0 aliphatic carbocycles. The Bertz CT molecular complexity index is 282. The van der Waals surface area contributed by atoms with Crippen LogP contribution in [0.1, 0.15) is 6.92 Å². The first-order valence-corrected chi connectivity index (χ1v) is 5.76. The fourth-order valence-corrected chi connectivity index (χ4v) is 1.53. The third-order valence-corrected chi connectivity index (χ3v) is 2.52. The molecule has 0 amide bonds. The molecule has 0 rings (SSSR count). The number of carbonyl (C=O) groups is 1. The summed E-state index contributed by atoms with van der Waals surface area (Å²) in [7, 11) is 5.12. The fourth-order valence-electron chi connectivity index (χ4n) is 1.21. The molecule has 1 atom stereocenters. The van der Waals surface area contributed by atoms with Crippen molar-refractivity contribution in [1.82, 2.24) is 15.3 Å². The van der Waals surface area contributed by atoms with E-state index in [-0.39, 0.29) is 11.9 Å². The molecule has 5 nitrogen and oxygen atoms in total. The van der Waals surface area contributed by atoms with Gasteiger partial charge < -0.3 is 10.1 Å². The SMILES string of the molecule is C=CCNC(=S)N(CC(C)C(=O)OC)N(C)C. The van der Waals surface area contributed by atoms with E-state index in [9.17, 15) is 4.79 Å². The predicted octanol–water partition coefficient (Wildman–Crippen LogP) is 0.635. The molecule has 0 aliphatic heterocycles. The normalized spacial score (nSPS) is 11.8. The molecule has 1 unspecified atom stereocenters. The Morgan fingerprint density at radius 2 is 2.18 bits per heavy atom. The Hall–Kier alpha value is -1.14. The van der Waals surface area contributed by atoms with Crippen molar-refractivity contribution in [2.24, 2.45) is 5.92 Å². The maximum Gasteiger partial charge on any atom is 0.310 e. The minimum absolute atomic E-state index is 0.245. The molecule has 0 aromatic carbocycles. The van der Waals surface area contributed by atoms with Crippen LogP contribution in [0.25, 0.3) is 0 Å². The second kappa shape index (κ2) is 8.03. The molecule has 0 spiro atoms. The topological polar surface area (TPSA) is 44.8 Å². The van der Waals surface area contributed by atoms with Crippen molar-refractivity contribution in [3.63, 3.8) is 0 Å². The van der Waals surface area contributed by atoms with Crippen LogP contribution in [0.5, 0.6) is 0 Å². The standard InChI is InChI=1S/C11H21N3O2S/c1-6-7-12-11(17)14(13(3)4)8-9(2)10(15)16-5/h6,9H,1,7-8H2,2-5H3,(H,12,17). The third kappa shape index (κ3) is 5.65. The molecular weight excluding hydrogens is 238 g/mol. The lowest BCUT2D eigenvalue weighted by atomic mass is 10.2. The number of rotatable bonds is 6. The van der Waals surface area contributed by atoms with Gasteiger partial charge in [-0.05, 0) is 12.2 Å². The number of hydrogen-bond acceptors (Lipinski definition) is 4. The van der Waals surface area contributed by atoms with Crippen LogP contribution in [-0.4, -0.2) is 55.4 Å². The van der Waals surface area contributed by atoms with Gasteiger partial charge in [0.2, 0.25) is 0 Å². The molecule has 0 saturated carbocycles. The van der Waals surface area contributed by atoms with Crippen LogP contribution in [0.3, 0.4) is 0 Å². The van der Waals surface area contributed by atoms with Crippen LogP contribution in [0.2, 0.25) is 0 Å². The van der Waals surface area contributed by atoms with Crippen LogP contribution in [-0.2, 0) is 9.53 Å². The predicted molar refractivity (Wildman–Crippen MR) is 72.4 cm³/mol. The Morgan fingerprint density at radius 3 is 2.59 bits per heavy atom. The van der Waals surface area contributed by atoms with Crippen molar-refractivity contribution in [3.05, 3.63) is 12.7 Å². The molecule has 0 aromatic rings. The van der Waals surface area contributed by atoms with E-state index >= 15 is 0 Å². The number of carbonyl (C=O) groups excluding carboxylic acids is 1. The molecule has 0 aromatic heterocycles. The highest BCUT2D eigenvalue weighted by Gasteiger charge is 2.20. The summed E-state index contributed by atoms with van der Waals surface area (Å²) in [6.45, 7) is 6.48. The third-order valence-electron chi connectivity index (χ3n) is 2.17. The van der Waals surface area contributed by atoms with E-state index in [0.29, 0.717) is 18.2 Å². The lowest BCUT2D eigenvalue weighted by Crippen LogP contribution is -2.50. The maximum atomic E-state index is 11.4. The van der Waals surface area contributed by atoms with Gasteiger partial charge in [0, 0.05) is 20.6 Å². The zero-order valence-corrected chi connectivity index (χ0v) is 11.7. The van der Waals surface area contributed by atoms with E-state index in [2.05, 4.69) is 16.6 Å². The summed E-state index contributed by atoms with van der Waals surface area (Å²) in [5, 5.41) is 7.22. The number of hydrazine groups is 1. The van der Waals surface area contributed by atoms with E-state index in [1.807, 2.05) is 19.1 Å². The summed E-state index contributed by atoms with van der Waals surface area (Å²) in [5.41, 5.74) is 0. The fraction of sp³-hybridized carbons (Fsp3) is 0.636. The molecule has 0 fully saturated rings. The second-order valence-corrected chi connectivity index (χ2v) is 4.21. The van der Waals surface area contributed by atoms with Crippen molar-refractivity contribution in [1.29, 1.82) is 0 Å². The average Bonchev–Trinajstić information content (AvgIpc) is 2.30. The molecule has 0 bridgehead atoms. The average molecular weight is 259 g/mol. The molecule has 1 N–H and O–H groups in total. The minimum Gasteiger partial charge on any atom is -0.469 e. The summed E-state index contributed by atoms with van der Waals surface area (Å²) in [6, 6.07) is 0. The molecule has 6 heteroatoms. The van der Waals surface area contributed by atoms with Gasteiger partial charge in [0.1, 0.15) is 0 Å². The molecule has 0 aliphatic rings. The minimum atomic E-state index is -0.247. The highest BCUT2D eigenvalue weighted by molar-refractivity contribution is 7.80. The highest BCUT2D eigenvalue weighted by atomic mass is 32.1. The monoisotopic (exact) mass is 259 g/mol. The smallest absolute Gasteiger partial charge is 0.310 e. The lowest BCUT2D eigenvalue weighted by molar-refractivity contribution is -0.145. The Morgan fingerprint density at radius 1 is 1.59 bits per heavy atom. The van der Waals surface area contributed by atoms with E-state index in [4.69, 9.17) is 12.2 Å². The van der Waals surface area contributed by atoms with Crippen LogP contribution >= 0.6 is 12.2 Å². The van der Waals surface area contributed by atoms with Gasteiger partial charge in [-0.3, -0.25) is 9.80 Å². The molecule has 17 heavy (non-hydrogen) atoms. The van der Waals surface area contributed by atoms with Crippen molar-refractivity contribution in [2.45, 2.75) is 6.92 Å². The van der Waals surface area contributed by atoms with Crippen LogP contribution < -0.4 is 5.32 Å². The summed E-state index contributed by atoms with van der Waals surface area (Å²) in [5.74, 6) is -0.491. The van der Waals surface area contributed by atoms with Gasteiger partial charge in [-0.25, -0.2) is 5.01 Å². The summed E-state index contributed by atoms with van der Waals surface area (Å²) in [4.78, 5) is 11.4. The first kappa shape index (κ1) is 15.9. The van der Waals surface area contributed by atoms with Gasteiger partial charge in [0.05, 0.1) is 19.6 Å². The van der Waals surface area contributed by atoms with Gasteiger partial charge in [0.25, 0.3) is 0 Å². The number of methoxy groups -OCH3 is 1. The van der Waals surface area contributed by atoms with Crippen LogP contribution in [0.15, 0.2) is 12.7 Å². The number of nitrogens with one attached hydrogen (secondary N) is 1. The summed E-state index contributed by atoms with van der Waals surface area (Å²) >= 11 is 5.23. The number of hydrogen-bond donors (Lipinski definition) is 1. The van der Waals surface area contributed by atoms with E-state index in [0.717, 1.165) is 0 Å². The van der Waals surface area contributed by atoms with Gasteiger partial charge >= 0.3 is 5.97 Å². The zero-order chi connectivity index (χ0) is 13.4. The van der Waals surface area contributed by atoms with E-state index in [1.165, 1.54) is 7.11 Å². The Kier molecular flexibility index (Phi) is 7.49. The van der Waals surface area contributed by atoms with E-state index < -0.39 is 0 Å². The molecule has 0 radical (unpaired) electrons. The second-order valence-electron chi connectivity index (χ2n) is 3.83. The zero-order valence-electron chi connectivity index (χ0n) is 10.9. The number of ether oxygens (including phenoxy) is 1.